The number of carbonyl (C=O) groups is 1. The zero-order chi connectivity index (χ0) is 20.4. The summed E-state index contributed by atoms with van der Waals surface area (Å²) in [6.07, 6.45) is 4.96. The van der Waals surface area contributed by atoms with Crippen molar-refractivity contribution < 1.29 is 9.69 Å². The van der Waals surface area contributed by atoms with Gasteiger partial charge in [0.1, 0.15) is 6.54 Å². The first-order chi connectivity index (χ1) is 14.0. The number of rotatable bonds is 6. The van der Waals surface area contributed by atoms with Crippen LogP contribution in [0.3, 0.4) is 0 Å². The number of benzene rings is 1. The summed E-state index contributed by atoms with van der Waals surface area (Å²) in [6, 6.07) is 9.99. The quantitative estimate of drug-likeness (QED) is 0.609. The van der Waals surface area contributed by atoms with Crippen molar-refractivity contribution in [2.45, 2.75) is 52.1 Å². The van der Waals surface area contributed by atoms with Gasteiger partial charge in [-0.3, -0.25) is 14.3 Å². The number of quaternary nitrogens is 1. The van der Waals surface area contributed by atoms with E-state index in [-0.39, 0.29) is 18.0 Å². The van der Waals surface area contributed by atoms with Crippen molar-refractivity contribution in [2.24, 2.45) is 0 Å². The van der Waals surface area contributed by atoms with E-state index in [0.29, 0.717) is 12.2 Å². The van der Waals surface area contributed by atoms with E-state index in [0.717, 1.165) is 35.6 Å². The maximum absolute atomic E-state index is 12.7. The predicted molar refractivity (Wildman–Crippen MR) is 113 cm³/mol. The Morgan fingerprint density at radius 1 is 1.31 bits per heavy atom. The minimum Gasteiger partial charge on any atom is -0.354 e. The Hall–Kier alpha value is -2.67. The first-order valence-corrected chi connectivity index (χ1v) is 10.6. The zero-order valence-corrected chi connectivity index (χ0v) is 17.3. The van der Waals surface area contributed by atoms with Crippen LogP contribution in [-0.4, -0.2) is 45.8 Å². The van der Waals surface area contributed by atoms with Crippen LogP contribution in [0.2, 0.25) is 0 Å². The van der Waals surface area contributed by atoms with Crippen LogP contribution in [0.4, 0.5) is 0 Å². The van der Waals surface area contributed by atoms with Gasteiger partial charge in [0, 0.05) is 30.1 Å². The Morgan fingerprint density at radius 3 is 2.97 bits per heavy atom. The first kappa shape index (κ1) is 19.6. The van der Waals surface area contributed by atoms with Gasteiger partial charge in [0.2, 0.25) is 5.91 Å². The lowest BCUT2D eigenvalue weighted by Crippen LogP contribution is -3.16. The molecule has 1 aromatic carbocycles. The maximum atomic E-state index is 12.7. The zero-order valence-electron chi connectivity index (χ0n) is 17.3. The van der Waals surface area contributed by atoms with Crippen LogP contribution < -0.4 is 15.8 Å². The summed E-state index contributed by atoms with van der Waals surface area (Å²) in [6.45, 7) is 7.45. The van der Waals surface area contributed by atoms with Crippen LogP contribution in [0.1, 0.15) is 38.3 Å². The van der Waals surface area contributed by atoms with E-state index in [1.165, 1.54) is 31.9 Å². The van der Waals surface area contributed by atoms with Crippen LogP contribution in [-0.2, 0) is 11.3 Å². The number of aromatic nitrogens is 3. The van der Waals surface area contributed by atoms with Crippen LogP contribution in [0.25, 0.3) is 16.6 Å². The van der Waals surface area contributed by atoms with Gasteiger partial charge in [-0.1, -0.05) is 12.1 Å². The average Bonchev–Trinajstić information content (AvgIpc) is 3.00. The molecule has 3 aromatic rings. The molecule has 0 radical (unpaired) electrons. The molecule has 7 nitrogen and oxygen atoms in total. The fourth-order valence-corrected chi connectivity index (χ4v) is 4.58. The molecule has 2 N–H and O–H groups in total. The third kappa shape index (κ3) is 4.05. The minimum atomic E-state index is -0.260. The third-order valence-corrected chi connectivity index (χ3v) is 6.12. The van der Waals surface area contributed by atoms with E-state index in [1.54, 1.807) is 4.90 Å². The smallest absolute Gasteiger partial charge is 0.273 e. The highest BCUT2D eigenvalue weighted by molar-refractivity contribution is 5.93. The van der Waals surface area contributed by atoms with Gasteiger partial charge in [-0.25, -0.2) is 4.52 Å². The van der Waals surface area contributed by atoms with E-state index in [1.807, 2.05) is 40.4 Å². The number of para-hydroxylation sites is 1. The molecule has 1 aliphatic heterocycles. The van der Waals surface area contributed by atoms with Crippen LogP contribution in [0.5, 0.6) is 0 Å². The van der Waals surface area contributed by atoms with Crippen molar-refractivity contribution in [3.63, 3.8) is 0 Å². The van der Waals surface area contributed by atoms with E-state index in [2.05, 4.69) is 17.2 Å². The molecule has 1 amide bonds. The fraction of sp³-hybridized carbons (Fsp3) is 0.500. The Labute approximate surface area is 170 Å². The van der Waals surface area contributed by atoms with Gasteiger partial charge in [-0.2, -0.15) is 4.98 Å². The SMILES string of the molecule is Cc1cc(=O)nc2c3ccccc3n(CC(=O)NCCC[NH+]3CCCCC3C)n12. The first-order valence-electron chi connectivity index (χ1n) is 10.6. The van der Waals surface area contributed by atoms with Gasteiger partial charge in [-0.15, -0.1) is 0 Å². The van der Waals surface area contributed by atoms with Crippen molar-refractivity contribution in [3.05, 3.63) is 46.4 Å². The van der Waals surface area contributed by atoms with Crippen LogP contribution in [0, 0.1) is 6.92 Å². The molecule has 29 heavy (non-hydrogen) atoms. The normalized spacial score (nSPS) is 19.7. The van der Waals surface area contributed by atoms with Gasteiger partial charge in [-0.05, 0) is 45.2 Å². The molecule has 3 heterocycles. The number of nitrogens with zero attached hydrogens (tertiary/aromatic N) is 3. The van der Waals surface area contributed by atoms with Crippen molar-refractivity contribution in [3.8, 4) is 0 Å². The molecular weight excluding hydrogens is 366 g/mol. The number of nitrogens with one attached hydrogen (secondary N) is 2. The van der Waals surface area contributed by atoms with E-state index in [4.69, 9.17) is 0 Å². The second-order valence-electron chi connectivity index (χ2n) is 8.20. The monoisotopic (exact) mass is 396 g/mol. The third-order valence-electron chi connectivity index (χ3n) is 6.12. The minimum absolute atomic E-state index is 0.0209. The Balaban J connectivity index is 1.46. The van der Waals surface area contributed by atoms with Crippen molar-refractivity contribution >= 4 is 22.5 Å². The molecule has 0 bridgehead atoms. The summed E-state index contributed by atoms with van der Waals surface area (Å²) in [4.78, 5) is 30.4. The number of hydrogen-bond acceptors (Lipinski definition) is 3. The van der Waals surface area contributed by atoms with E-state index >= 15 is 0 Å². The molecule has 0 spiro atoms. The number of hydrogen-bond donors (Lipinski definition) is 2. The summed E-state index contributed by atoms with van der Waals surface area (Å²) in [5.74, 6) is -0.0209. The maximum Gasteiger partial charge on any atom is 0.273 e. The van der Waals surface area contributed by atoms with Crippen LogP contribution >= 0.6 is 0 Å². The molecule has 1 aliphatic rings. The summed E-state index contributed by atoms with van der Waals surface area (Å²) in [5.41, 5.74) is 2.01. The second kappa shape index (κ2) is 8.37. The summed E-state index contributed by atoms with van der Waals surface area (Å²) < 4.78 is 3.77. The van der Waals surface area contributed by atoms with Crippen molar-refractivity contribution in [2.75, 3.05) is 19.6 Å². The van der Waals surface area contributed by atoms with Gasteiger partial charge in [0.05, 0.1) is 24.6 Å². The molecule has 1 fully saturated rings. The van der Waals surface area contributed by atoms with Crippen LogP contribution in [0.15, 0.2) is 35.1 Å². The van der Waals surface area contributed by atoms with Gasteiger partial charge in [0.25, 0.3) is 5.56 Å². The van der Waals surface area contributed by atoms with Crippen molar-refractivity contribution in [1.82, 2.24) is 19.5 Å². The number of amides is 1. The molecular formula is C22H30N5O2+. The Kier molecular flexibility index (Phi) is 5.67. The highest BCUT2D eigenvalue weighted by Crippen LogP contribution is 2.21. The highest BCUT2D eigenvalue weighted by atomic mass is 16.2. The lowest BCUT2D eigenvalue weighted by atomic mass is 10.0. The lowest BCUT2D eigenvalue weighted by molar-refractivity contribution is -0.928. The van der Waals surface area contributed by atoms with E-state index < -0.39 is 0 Å². The predicted octanol–water partition coefficient (Wildman–Crippen LogP) is 0.921. The van der Waals surface area contributed by atoms with Gasteiger partial charge < -0.3 is 10.2 Å². The molecule has 1 saturated heterocycles. The molecule has 7 heteroatoms. The molecule has 2 unspecified atom stereocenters. The molecule has 0 aliphatic carbocycles. The standard InChI is InChI=1S/C22H29N5O2/c1-16-8-5-6-12-25(16)13-7-11-23-21(29)15-26-19-10-4-3-9-18(19)22-24-20(28)14-17(2)27(22)26/h3-4,9-10,14,16H,5-8,11-13,15H2,1-2H3,(H,23,29)/p+1. The number of carbonyl (C=O) groups excluding carboxylic acids is 1. The largest absolute Gasteiger partial charge is 0.354 e. The lowest BCUT2D eigenvalue weighted by Gasteiger charge is -2.30. The number of aryl methyl sites for hydroxylation is 1. The summed E-state index contributed by atoms with van der Waals surface area (Å²) in [5, 5.41) is 3.95. The van der Waals surface area contributed by atoms with Gasteiger partial charge >= 0.3 is 0 Å². The number of likely N-dealkylation sites (tertiary alicyclic amines) is 1. The molecule has 2 aromatic heterocycles. The second-order valence-corrected chi connectivity index (χ2v) is 8.20. The molecule has 0 saturated carbocycles. The summed E-state index contributed by atoms with van der Waals surface area (Å²) >= 11 is 0. The van der Waals surface area contributed by atoms with E-state index in [9.17, 15) is 9.59 Å². The molecule has 154 valence electrons. The Bertz CT molecular complexity index is 1080. The molecule has 4 rings (SSSR count). The molecule has 2 atom stereocenters. The van der Waals surface area contributed by atoms with Gasteiger partial charge in [0.15, 0.2) is 5.65 Å². The number of fused-ring (bicyclic) bond motifs is 3. The highest BCUT2D eigenvalue weighted by Gasteiger charge is 2.21. The fourth-order valence-electron chi connectivity index (χ4n) is 4.58. The Morgan fingerprint density at radius 2 is 2.14 bits per heavy atom. The topological polar surface area (TPSA) is 72.8 Å². The van der Waals surface area contributed by atoms with Crippen molar-refractivity contribution in [1.29, 1.82) is 0 Å². The average molecular weight is 397 g/mol. The summed E-state index contributed by atoms with van der Waals surface area (Å²) in [7, 11) is 0. The number of piperidine rings is 1.